The van der Waals surface area contributed by atoms with Crippen LogP contribution in [0.3, 0.4) is 0 Å². The summed E-state index contributed by atoms with van der Waals surface area (Å²) in [6.45, 7) is 3.71. The van der Waals surface area contributed by atoms with Crippen molar-refractivity contribution >= 4 is 16.5 Å². The molecule has 1 heterocycles. The lowest BCUT2D eigenvalue weighted by molar-refractivity contribution is 0.139. The summed E-state index contributed by atoms with van der Waals surface area (Å²) >= 11 is 0. The van der Waals surface area contributed by atoms with E-state index in [0.717, 1.165) is 19.7 Å². The summed E-state index contributed by atoms with van der Waals surface area (Å²) in [6, 6.07) is 13.0. The van der Waals surface area contributed by atoms with Crippen molar-refractivity contribution in [3.63, 3.8) is 0 Å². The first-order valence-electron chi connectivity index (χ1n) is 7.78. The first-order chi connectivity index (χ1) is 10.3. The Bertz CT molecular complexity index is 603. The molecule has 112 valence electrons. The lowest BCUT2D eigenvalue weighted by Gasteiger charge is -2.34. The van der Waals surface area contributed by atoms with Gasteiger partial charge < -0.3 is 15.4 Å². The molecule has 0 atom stereocenters. The van der Waals surface area contributed by atoms with Crippen molar-refractivity contribution in [2.75, 3.05) is 31.7 Å². The van der Waals surface area contributed by atoms with Crippen molar-refractivity contribution in [1.82, 2.24) is 0 Å². The third-order valence-electron chi connectivity index (χ3n) is 4.57. The van der Waals surface area contributed by atoms with Gasteiger partial charge in [0.1, 0.15) is 0 Å². The predicted molar refractivity (Wildman–Crippen MR) is 88.7 cm³/mol. The fraction of sp³-hybridized carbons (Fsp3) is 0.444. The van der Waals surface area contributed by atoms with Gasteiger partial charge in [-0.05, 0) is 35.8 Å². The predicted octanol–water partition coefficient (Wildman–Crippen LogP) is 3.16. The van der Waals surface area contributed by atoms with E-state index in [9.17, 15) is 0 Å². The number of nitrogens with zero attached hydrogens (tertiary/aromatic N) is 1. The standard InChI is InChI=1S/C18H24N2O/c1-21-13-14-8-10-20(11-9-14)18-7-6-15(12-19)16-4-2-3-5-17(16)18/h2-7,14H,8-13,19H2,1H3. The zero-order valence-corrected chi connectivity index (χ0v) is 12.7. The van der Waals surface area contributed by atoms with Gasteiger partial charge in [-0.2, -0.15) is 0 Å². The highest BCUT2D eigenvalue weighted by Crippen LogP contribution is 2.32. The Morgan fingerprint density at radius 3 is 2.48 bits per heavy atom. The molecule has 0 amide bonds. The summed E-state index contributed by atoms with van der Waals surface area (Å²) in [6.07, 6.45) is 2.42. The molecule has 1 saturated heterocycles. The van der Waals surface area contributed by atoms with Gasteiger partial charge in [-0.3, -0.25) is 0 Å². The van der Waals surface area contributed by atoms with Crippen molar-refractivity contribution in [2.45, 2.75) is 19.4 Å². The minimum atomic E-state index is 0.594. The Kier molecular flexibility index (Phi) is 4.42. The van der Waals surface area contributed by atoms with Crippen LogP contribution in [0.2, 0.25) is 0 Å². The highest BCUT2D eigenvalue weighted by atomic mass is 16.5. The molecule has 1 fully saturated rings. The highest BCUT2D eigenvalue weighted by Gasteiger charge is 2.20. The van der Waals surface area contributed by atoms with E-state index in [1.165, 1.54) is 34.9 Å². The highest BCUT2D eigenvalue weighted by molar-refractivity contribution is 5.96. The summed E-state index contributed by atoms with van der Waals surface area (Å²) in [4.78, 5) is 2.51. The molecule has 0 aromatic heterocycles. The average Bonchev–Trinajstić information content (AvgIpc) is 2.55. The second-order valence-corrected chi connectivity index (χ2v) is 5.88. The molecule has 3 heteroatoms. The van der Waals surface area contributed by atoms with Crippen LogP contribution in [-0.4, -0.2) is 26.8 Å². The van der Waals surface area contributed by atoms with Crippen LogP contribution in [0.15, 0.2) is 36.4 Å². The molecule has 0 unspecified atom stereocenters. The zero-order valence-electron chi connectivity index (χ0n) is 12.7. The van der Waals surface area contributed by atoms with Crippen molar-refractivity contribution in [1.29, 1.82) is 0 Å². The number of hydrogen-bond donors (Lipinski definition) is 1. The summed E-state index contributed by atoms with van der Waals surface area (Å²) in [5, 5.41) is 2.61. The second-order valence-electron chi connectivity index (χ2n) is 5.88. The molecule has 2 N–H and O–H groups in total. The van der Waals surface area contributed by atoms with Crippen LogP contribution in [0.25, 0.3) is 10.8 Å². The van der Waals surface area contributed by atoms with E-state index in [1.54, 1.807) is 7.11 Å². The molecule has 3 rings (SSSR count). The van der Waals surface area contributed by atoms with E-state index in [1.807, 2.05) is 0 Å². The fourth-order valence-corrected chi connectivity index (χ4v) is 3.38. The normalized spacial score (nSPS) is 16.6. The number of nitrogens with two attached hydrogens (primary N) is 1. The Balaban J connectivity index is 1.88. The molecule has 2 aromatic rings. The SMILES string of the molecule is COCC1CCN(c2ccc(CN)c3ccccc23)CC1. The van der Waals surface area contributed by atoms with Crippen molar-refractivity contribution in [2.24, 2.45) is 11.7 Å². The van der Waals surface area contributed by atoms with Crippen LogP contribution >= 0.6 is 0 Å². The maximum Gasteiger partial charge on any atom is 0.0491 e. The Hall–Kier alpha value is -1.58. The second kappa shape index (κ2) is 6.46. The van der Waals surface area contributed by atoms with Gasteiger partial charge in [-0.1, -0.05) is 30.3 Å². The number of anilines is 1. The van der Waals surface area contributed by atoms with Gasteiger partial charge in [0, 0.05) is 44.4 Å². The van der Waals surface area contributed by atoms with Gasteiger partial charge in [0.05, 0.1) is 0 Å². The number of fused-ring (bicyclic) bond motifs is 1. The molecule has 0 saturated carbocycles. The van der Waals surface area contributed by atoms with Crippen LogP contribution in [-0.2, 0) is 11.3 Å². The summed E-state index contributed by atoms with van der Waals surface area (Å²) < 4.78 is 5.29. The summed E-state index contributed by atoms with van der Waals surface area (Å²) in [7, 11) is 1.80. The third-order valence-corrected chi connectivity index (χ3v) is 4.57. The van der Waals surface area contributed by atoms with Gasteiger partial charge in [0.25, 0.3) is 0 Å². The van der Waals surface area contributed by atoms with E-state index in [4.69, 9.17) is 10.5 Å². The monoisotopic (exact) mass is 284 g/mol. The number of benzene rings is 2. The van der Waals surface area contributed by atoms with Crippen LogP contribution in [0.4, 0.5) is 5.69 Å². The summed E-state index contributed by atoms with van der Waals surface area (Å²) in [5.74, 6) is 0.709. The van der Waals surface area contributed by atoms with Gasteiger partial charge in [0.2, 0.25) is 0 Å². The van der Waals surface area contributed by atoms with E-state index >= 15 is 0 Å². The molecule has 1 aliphatic rings. The number of hydrogen-bond acceptors (Lipinski definition) is 3. The van der Waals surface area contributed by atoms with Crippen LogP contribution in [0.1, 0.15) is 18.4 Å². The average molecular weight is 284 g/mol. The van der Waals surface area contributed by atoms with Gasteiger partial charge in [-0.25, -0.2) is 0 Å². The Morgan fingerprint density at radius 2 is 1.81 bits per heavy atom. The number of ether oxygens (including phenoxy) is 1. The molecule has 21 heavy (non-hydrogen) atoms. The zero-order chi connectivity index (χ0) is 14.7. The van der Waals surface area contributed by atoms with E-state index in [-0.39, 0.29) is 0 Å². The molecule has 0 bridgehead atoms. The van der Waals surface area contributed by atoms with Crippen molar-refractivity contribution in [3.8, 4) is 0 Å². The molecule has 0 aliphatic carbocycles. The minimum absolute atomic E-state index is 0.594. The molecular weight excluding hydrogens is 260 g/mol. The molecule has 0 radical (unpaired) electrons. The van der Waals surface area contributed by atoms with Gasteiger partial charge >= 0.3 is 0 Å². The lowest BCUT2D eigenvalue weighted by atomic mass is 9.95. The molecule has 0 spiro atoms. The fourth-order valence-electron chi connectivity index (χ4n) is 3.38. The number of piperidine rings is 1. The van der Waals surface area contributed by atoms with Crippen LogP contribution in [0.5, 0.6) is 0 Å². The van der Waals surface area contributed by atoms with Gasteiger partial charge in [-0.15, -0.1) is 0 Å². The van der Waals surface area contributed by atoms with Crippen LogP contribution in [0, 0.1) is 5.92 Å². The maximum absolute atomic E-state index is 5.87. The number of rotatable bonds is 4. The largest absolute Gasteiger partial charge is 0.384 e. The van der Waals surface area contributed by atoms with Crippen molar-refractivity contribution < 1.29 is 4.74 Å². The molecule has 1 aliphatic heterocycles. The smallest absolute Gasteiger partial charge is 0.0491 e. The third kappa shape index (κ3) is 2.89. The first kappa shape index (κ1) is 14.4. The Morgan fingerprint density at radius 1 is 1.10 bits per heavy atom. The minimum Gasteiger partial charge on any atom is -0.384 e. The quantitative estimate of drug-likeness (QED) is 0.937. The molecule has 3 nitrogen and oxygen atoms in total. The maximum atomic E-state index is 5.87. The molecular formula is C18H24N2O. The van der Waals surface area contributed by atoms with E-state index < -0.39 is 0 Å². The first-order valence-corrected chi connectivity index (χ1v) is 7.78. The Labute approximate surface area is 126 Å². The summed E-state index contributed by atoms with van der Waals surface area (Å²) in [5.41, 5.74) is 8.44. The topological polar surface area (TPSA) is 38.5 Å². The van der Waals surface area contributed by atoms with Gasteiger partial charge in [0.15, 0.2) is 0 Å². The lowest BCUT2D eigenvalue weighted by Crippen LogP contribution is -2.35. The van der Waals surface area contributed by atoms with Crippen molar-refractivity contribution in [3.05, 3.63) is 42.0 Å². The van der Waals surface area contributed by atoms with Crippen LogP contribution < -0.4 is 10.6 Å². The molecule has 2 aromatic carbocycles. The van der Waals surface area contributed by atoms with E-state index in [0.29, 0.717) is 12.5 Å². The van der Waals surface area contributed by atoms with E-state index in [2.05, 4.69) is 41.3 Å². The number of methoxy groups -OCH3 is 1.